The van der Waals surface area contributed by atoms with Crippen molar-refractivity contribution in [3.05, 3.63) is 24.0 Å². The zero-order valence-corrected chi connectivity index (χ0v) is 10.5. The molecule has 1 atom stereocenters. The first kappa shape index (κ1) is 12.8. The van der Waals surface area contributed by atoms with Crippen LogP contribution in [0.25, 0.3) is 0 Å². The first-order valence-corrected chi connectivity index (χ1v) is 6.17. The Morgan fingerprint density at radius 1 is 1.61 bits per heavy atom. The van der Waals surface area contributed by atoms with Gasteiger partial charge in [-0.2, -0.15) is 0 Å². The molecular formula is C13H18N2O3. The zero-order valence-electron chi connectivity index (χ0n) is 10.5. The Bertz CT molecular complexity index is 422. The minimum Gasteiger partial charge on any atom is -0.495 e. The van der Waals surface area contributed by atoms with Crippen LogP contribution in [-0.2, 0) is 11.3 Å². The molecule has 0 spiro atoms. The molecule has 0 amide bonds. The molecule has 0 radical (unpaired) electrons. The molecule has 2 heterocycles. The van der Waals surface area contributed by atoms with Crippen LogP contribution in [0.4, 0.5) is 0 Å². The number of methoxy groups -OCH3 is 1. The molecule has 5 heteroatoms. The SMILES string of the molecule is COc1cccnc1CN1CCCC[C@@H]1C(=O)O. The molecule has 1 aromatic rings. The fourth-order valence-corrected chi connectivity index (χ4v) is 2.38. The summed E-state index contributed by atoms with van der Waals surface area (Å²) in [5.74, 6) is -0.0307. The number of carbonyl (C=O) groups is 1. The number of piperidine rings is 1. The van der Waals surface area contributed by atoms with Gasteiger partial charge in [0, 0.05) is 12.7 Å². The molecule has 0 aliphatic carbocycles. The monoisotopic (exact) mass is 250 g/mol. The quantitative estimate of drug-likeness (QED) is 0.878. The second kappa shape index (κ2) is 5.82. The van der Waals surface area contributed by atoms with E-state index >= 15 is 0 Å². The van der Waals surface area contributed by atoms with Crippen molar-refractivity contribution in [3.63, 3.8) is 0 Å². The molecule has 2 rings (SSSR count). The predicted octanol–water partition coefficient (Wildman–Crippen LogP) is 1.53. The van der Waals surface area contributed by atoms with Gasteiger partial charge in [-0.05, 0) is 31.5 Å². The summed E-state index contributed by atoms with van der Waals surface area (Å²) in [4.78, 5) is 17.5. The molecule has 98 valence electrons. The summed E-state index contributed by atoms with van der Waals surface area (Å²) < 4.78 is 5.25. The Labute approximate surface area is 106 Å². The number of aliphatic carboxylic acids is 1. The minimum absolute atomic E-state index is 0.398. The van der Waals surface area contributed by atoms with E-state index in [4.69, 9.17) is 4.74 Å². The van der Waals surface area contributed by atoms with Gasteiger partial charge in [-0.25, -0.2) is 0 Å². The van der Waals surface area contributed by atoms with E-state index in [1.807, 2.05) is 17.0 Å². The molecule has 1 saturated heterocycles. The molecule has 1 aliphatic heterocycles. The smallest absolute Gasteiger partial charge is 0.320 e. The van der Waals surface area contributed by atoms with E-state index in [2.05, 4.69) is 4.98 Å². The highest BCUT2D eigenvalue weighted by Crippen LogP contribution is 2.23. The Morgan fingerprint density at radius 2 is 2.44 bits per heavy atom. The summed E-state index contributed by atoms with van der Waals surface area (Å²) in [6, 6.07) is 3.26. The molecule has 0 bridgehead atoms. The van der Waals surface area contributed by atoms with Gasteiger partial charge in [0.25, 0.3) is 0 Å². The Balaban J connectivity index is 2.13. The van der Waals surface area contributed by atoms with Crippen LogP contribution in [0.5, 0.6) is 5.75 Å². The van der Waals surface area contributed by atoms with E-state index in [9.17, 15) is 9.90 Å². The van der Waals surface area contributed by atoms with Crippen molar-refractivity contribution in [3.8, 4) is 5.75 Å². The molecule has 5 nitrogen and oxygen atoms in total. The summed E-state index contributed by atoms with van der Waals surface area (Å²) >= 11 is 0. The lowest BCUT2D eigenvalue weighted by Crippen LogP contribution is -2.44. The molecular weight excluding hydrogens is 232 g/mol. The average Bonchev–Trinajstić information content (AvgIpc) is 2.40. The largest absolute Gasteiger partial charge is 0.495 e. The normalized spacial score (nSPS) is 20.6. The van der Waals surface area contributed by atoms with Crippen molar-refractivity contribution < 1.29 is 14.6 Å². The summed E-state index contributed by atoms with van der Waals surface area (Å²) in [5.41, 5.74) is 0.799. The van der Waals surface area contributed by atoms with Crippen LogP contribution in [0.3, 0.4) is 0 Å². The first-order chi connectivity index (χ1) is 8.72. The van der Waals surface area contributed by atoms with E-state index in [0.29, 0.717) is 18.7 Å². The number of aromatic nitrogens is 1. The van der Waals surface area contributed by atoms with Gasteiger partial charge in [0.05, 0.1) is 12.8 Å². The molecule has 1 aliphatic rings. The number of hydrogen-bond acceptors (Lipinski definition) is 4. The number of rotatable bonds is 4. The topological polar surface area (TPSA) is 62.7 Å². The number of nitrogens with zero attached hydrogens (tertiary/aromatic N) is 2. The van der Waals surface area contributed by atoms with Crippen LogP contribution in [0.2, 0.25) is 0 Å². The van der Waals surface area contributed by atoms with E-state index < -0.39 is 12.0 Å². The minimum atomic E-state index is -0.746. The summed E-state index contributed by atoms with van der Waals surface area (Å²) in [6.45, 7) is 1.33. The lowest BCUT2D eigenvalue weighted by Gasteiger charge is -2.32. The van der Waals surface area contributed by atoms with E-state index in [0.717, 1.165) is 25.1 Å². The van der Waals surface area contributed by atoms with Crippen LogP contribution < -0.4 is 4.74 Å². The third-order valence-electron chi connectivity index (χ3n) is 3.32. The van der Waals surface area contributed by atoms with Crippen LogP contribution >= 0.6 is 0 Å². The van der Waals surface area contributed by atoms with Crippen molar-refractivity contribution in [2.75, 3.05) is 13.7 Å². The average molecular weight is 250 g/mol. The second-order valence-corrected chi connectivity index (χ2v) is 4.47. The molecule has 0 saturated carbocycles. The number of carboxylic acids is 1. The van der Waals surface area contributed by atoms with Crippen molar-refractivity contribution in [1.82, 2.24) is 9.88 Å². The lowest BCUT2D eigenvalue weighted by molar-refractivity contribution is -0.144. The lowest BCUT2D eigenvalue weighted by atomic mass is 10.0. The van der Waals surface area contributed by atoms with E-state index in [1.165, 1.54) is 0 Å². The van der Waals surface area contributed by atoms with Gasteiger partial charge < -0.3 is 9.84 Å². The Kier molecular flexibility index (Phi) is 4.15. The number of pyridine rings is 1. The number of ether oxygens (including phenoxy) is 1. The van der Waals surface area contributed by atoms with Gasteiger partial charge in [0.15, 0.2) is 0 Å². The number of hydrogen-bond donors (Lipinski definition) is 1. The second-order valence-electron chi connectivity index (χ2n) is 4.47. The summed E-state index contributed by atoms with van der Waals surface area (Å²) in [5, 5.41) is 9.22. The van der Waals surface area contributed by atoms with E-state index in [-0.39, 0.29) is 0 Å². The standard InChI is InChI=1S/C13H18N2O3/c1-18-12-6-4-7-14-10(12)9-15-8-3-2-5-11(15)13(16)17/h4,6-7,11H,2-3,5,8-9H2,1H3,(H,16,17)/t11-/m1/s1. The molecule has 1 fully saturated rings. The molecule has 1 aromatic heterocycles. The third-order valence-corrected chi connectivity index (χ3v) is 3.32. The highest BCUT2D eigenvalue weighted by molar-refractivity contribution is 5.73. The van der Waals surface area contributed by atoms with Gasteiger partial charge in [-0.1, -0.05) is 6.42 Å². The van der Waals surface area contributed by atoms with Gasteiger partial charge >= 0.3 is 5.97 Å². The highest BCUT2D eigenvalue weighted by Gasteiger charge is 2.29. The van der Waals surface area contributed by atoms with Gasteiger partial charge in [-0.15, -0.1) is 0 Å². The predicted molar refractivity (Wildman–Crippen MR) is 66.5 cm³/mol. The molecule has 0 aromatic carbocycles. The highest BCUT2D eigenvalue weighted by atomic mass is 16.5. The summed E-state index contributed by atoms with van der Waals surface area (Å²) in [7, 11) is 1.60. The fraction of sp³-hybridized carbons (Fsp3) is 0.538. The maximum Gasteiger partial charge on any atom is 0.320 e. The zero-order chi connectivity index (χ0) is 13.0. The fourth-order valence-electron chi connectivity index (χ4n) is 2.38. The molecule has 1 N–H and O–H groups in total. The third kappa shape index (κ3) is 2.79. The number of carboxylic acid groups (broad SMARTS) is 1. The first-order valence-electron chi connectivity index (χ1n) is 6.17. The molecule has 18 heavy (non-hydrogen) atoms. The van der Waals surface area contributed by atoms with Gasteiger partial charge in [-0.3, -0.25) is 14.7 Å². The van der Waals surface area contributed by atoms with Crippen LogP contribution in [-0.4, -0.2) is 40.7 Å². The van der Waals surface area contributed by atoms with Crippen molar-refractivity contribution in [1.29, 1.82) is 0 Å². The Morgan fingerprint density at radius 3 is 3.17 bits per heavy atom. The van der Waals surface area contributed by atoms with Crippen LogP contribution in [0.15, 0.2) is 18.3 Å². The molecule has 0 unspecified atom stereocenters. The Hall–Kier alpha value is -1.62. The maximum atomic E-state index is 11.2. The maximum absolute atomic E-state index is 11.2. The van der Waals surface area contributed by atoms with Crippen molar-refractivity contribution in [2.24, 2.45) is 0 Å². The van der Waals surface area contributed by atoms with Crippen LogP contribution in [0.1, 0.15) is 25.0 Å². The van der Waals surface area contributed by atoms with Crippen molar-refractivity contribution >= 4 is 5.97 Å². The van der Waals surface area contributed by atoms with Crippen molar-refractivity contribution in [2.45, 2.75) is 31.8 Å². The van der Waals surface area contributed by atoms with E-state index in [1.54, 1.807) is 13.3 Å². The van der Waals surface area contributed by atoms with Gasteiger partial charge in [0.1, 0.15) is 11.8 Å². The summed E-state index contributed by atoms with van der Waals surface area (Å²) in [6.07, 6.45) is 4.44. The number of likely N-dealkylation sites (tertiary alicyclic amines) is 1. The van der Waals surface area contributed by atoms with Crippen LogP contribution in [0, 0.1) is 0 Å². The van der Waals surface area contributed by atoms with Gasteiger partial charge in [0.2, 0.25) is 0 Å².